The van der Waals surface area contributed by atoms with Crippen molar-refractivity contribution in [2.45, 2.75) is 43.5 Å². The Balaban J connectivity index is 1.85. The summed E-state index contributed by atoms with van der Waals surface area (Å²) < 4.78 is 27.9. The second-order valence-corrected chi connectivity index (χ2v) is 9.58. The lowest BCUT2D eigenvalue weighted by Crippen LogP contribution is -2.57. The first-order chi connectivity index (χ1) is 12.3. The van der Waals surface area contributed by atoms with Gasteiger partial charge < -0.3 is 10.2 Å². The van der Waals surface area contributed by atoms with Crippen LogP contribution in [-0.4, -0.2) is 62.3 Å². The SMILES string of the molecule is CC(C)c1ccc(Cl)c(S(=O)(=O)N2CCCC(N3CCNCC3=O)C2)c1. The number of rotatable bonds is 4. The minimum atomic E-state index is -3.69. The van der Waals surface area contributed by atoms with Crippen molar-refractivity contribution in [1.29, 1.82) is 0 Å². The molecule has 0 saturated carbocycles. The number of hydrogen-bond donors (Lipinski definition) is 1. The third kappa shape index (κ3) is 3.91. The van der Waals surface area contributed by atoms with Gasteiger partial charge in [-0.05, 0) is 36.5 Å². The van der Waals surface area contributed by atoms with Crippen LogP contribution in [0.25, 0.3) is 0 Å². The number of piperidine rings is 1. The normalized spacial score (nSPS) is 22.8. The molecule has 2 fully saturated rings. The summed E-state index contributed by atoms with van der Waals surface area (Å²) in [5, 5.41) is 3.30. The second-order valence-electron chi connectivity index (χ2n) is 7.27. The fourth-order valence-electron chi connectivity index (χ4n) is 3.62. The van der Waals surface area contributed by atoms with Gasteiger partial charge in [0.1, 0.15) is 4.90 Å². The van der Waals surface area contributed by atoms with E-state index < -0.39 is 10.0 Å². The van der Waals surface area contributed by atoms with Gasteiger partial charge in [-0.15, -0.1) is 0 Å². The number of carbonyl (C=O) groups is 1. The molecular formula is C18H26ClN3O3S. The Bertz CT molecular complexity index is 782. The fourth-order valence-corrected chi connectivity index (χ4v) is 5.64. The fraction of sp³-hybridized carbons (Fsp3) is 0.611. The monoisotopic (exact) mass is 399 g/mol. The van der Waals surface area contributed by atoms with E-state index in [-0.39, 0.29) is 27.8 Å². The number of sulfonamides is 1. The minimum absolute atomic E-state index is 0.0420. The summed E-state index contributed by atoms with van der Waals surface area (Å²) in [4.78, 5) is 14.2. The van der Waals surface area contributed by atoms with Crippen molar-refractivity contribution in [3.05, 3.63) is 28.8 Å². The number of carbonyl (C=O) groups excluding carboxylic acids is 1. The number of nitrogens with zero attached hydrogens (tertiary/aromatic N) is 2. The number of benzene rings is 1. The Kier molecular flexibility index (Phi) is 5.91. The van der Waals surface area contributed by atoms with Gasteiger partial charge in [-0.3, -0.25) is 4.79 Å². The number of halogens is 1. The first-order valence-corrected chi connectivity index (χ1v) is 10.9. The van der Waals surface area contributed by atoms with E-state index >= 15 is 0 Å². The Morgan fingerprint density at radius 1 is 1.27 bits per heavy atom. The lowest BCUT2D eigenvalue weighted by atomic mass is 10.0. The van der Waals surface area contributed by atoms with Gasteiger partial charge in [0.25, 0.3) is 0 Å². The van der Waals surface area contributed by atoms with Crippen LogP contribution in [0.4, 0.5) is 0 Å². The topological polar surface area (TPSA) is 69.7 Å². The Hall–Kier alpha value is -1.15. The molecule has 1 N–H and O–H groups in total. The lowest BCUT2D eigenvalue weighted by Gasteiger charge is -2.40. The van der Waals surface area contributed by atoms with Crippen LogP contribution in [0.3, 0.4) is 0 Å². The maximum Gasteiger partial charge on any atom is 0.244 e. The van der Waals surface area contributed by atoms with Crippen molar-refractivity contribution in [1.82, 2.24) is 14.5 Å². The molecule has 0 bridgehead atoms. The molecule has 0 aliphatic carbocycles. The van der Waals surface area contributed by atoms with Gasteiger partial charge >= 0.3 is 0 Å². The van der Waals surface area contributed by atoms with Gasteiger partial charge in [-0.25, -0.2) is 8.42 Å². The highest BCUT2D eigenvalue weighted by molar-refractivity contribution is 7.89. The molecule has 144 valence electrons. The molecule has 1 amide bonds. The molecule has 0 radical (unpaired) electrons. The lowest BCUT2D eigenvalue weighted by molar-refractivity contribution is -0.135. The van der Waals surface area contributed by atoms with E-state index in [1.54, 1.807) is 12.1 Å². The van der Waals surface area contributed by atoms with Crippen LogP contribution in [0.5, 0.6) is 0 Å². The third-order valence-electron chi connectivity index (χ3n) is 5.17. The summed E-state index contributed by atoms with van der Waals surface area (Å²) in [7, 11) is -3.69. The molecule has 1 aromatic carbocycles. The molecule has 2 aliphatic rings. The zero-order valence-electron chi connectivity index (χ0n) is 15.2. The van der Waals surface area contributed by atoms with Crippen LogP contribution in [0.15, 0.2) is 23.1 Å². The summed E-state index contributed by atoms with van der Waals surface area (Å²) in [6, 6.07) is 5.14. The van der Waals surface area contributed by atoms with Crippen molar-refractivity contribution >= 4 is 27.5 Å². The van der Waals surface area contributed by atoms with Gasteiger partial charge in [0.2, 0.25) is 15.9 Å². The number of amides is 1. The Labute approximate surface area is 160 Å². The van der Waals surface area contributed by atoms with Crippen molar-refractivity contribution in [3.8, 4) is 0 Å². The second kappa shape index (κ2) is 7.84. The van der Waals surface area contributed by atoms with Gasteiger partial charge in [0.15, 0.2) is 0 Å². The van der Waals surface area contributed by atoms with E-state index in [0.29, 0.717) is 26.2 Å². The summed E-state index contributed by atoms with van der Waals surface area (Å²) in [5.41, 5.74) is 0.943. The van der Waals surface area contributed by atoms with Crippen LogP contribution in [0.2, 0.25) is 5.02 Å². The van der Waals surface area contributed by atoms with Gasteiger partial charge in [0.05, 0.1) is 11.6 Å². The summed E-state index contributed by atoms with van der Waals surface area (Å²) in [6.45, 7) is 6.53. The van der Waals surface area contributed by atoms with Crippen molar-refractivity contribution in [2.24, 2.45) is 0 Å². The molecule has 0 aromatic heterocycles. The Morgan fingerprint density at radius 3 is 2.73 bits per heavy atom. The maximum absolute atomic E-state index is 13.2. The zero-order valence-corrected chi connectivity index (χ0v) is 16.8. The summed E-state index contributed by atoms with van der Waals surface area (Å²) in [6.07, 6.45) is 1.57. The third-order valence-corrected chi connectivity index (χ3v) is 7.51. The van der Waals surface area contributed by atoms with E-state index in [9.17, 15) is 13.2 Å². The molecule has 1 aromatic rings. The van der Waals surface area contributed by atoms with Crippen LogP contribution in [0, 0.1) is 0 Å². The van der Waals surface area contributed by atoms with Gasteiger partial charge in [-0.1, -0.05) is 31.5 Å². The van der Waals surface area contributed by atoms with Gasteiger partial charge in [0, 0.05) is 32.2 Å². The first-order valence-electron chi connectivity index (χ1n) is 9.10. The maximum atomic E-state index is 13.2. The highest BCUT2D eigenvalue weighted by Gasteiger charge is 2.36. The number of nitrogens with one attached hydrogen (secondary N) is 1. The molecule has 8 heteroatoms. The van der Waals surface area contributed by atoms with E-state index in [2.05, 4.69) is 5.32 Å². The van der Waals surface area contributed by atoms with Crippen LogP contribution < -0.4 is 5.32 Å². The average Bonchev–Trinajstić information content (AvgIpc) is 2.62. The van der Waals surface area contributed by atoms with E-state index in [0.717, 1.165) is 24.9 Å². The minimum Gasteiger partial charge on any atom is -0.336 e. The van der Waals surface area contributed by atoms with Crippen molar-refractivity contribution in [2.75, 3.05) is 32.7 Å². The van der Waals surface area contributed by atoms with Crippen molar-refractivity contribution < 1.29 is 13.2 Å². The number of piperazine rings is 1. The standard InChI is InChI=1S/C18H26ClN3O3S/c1-13(2)14-5-6-16(19)17(10-14)26(24,25)21-8-3-4-15(12-21)22-9-7-20-11-18(22)23/h5-6,10,13,15,20H,3-4,7-9,11-12H2,1-2H3. The summed E-state index contributed by atoms with van der Waals surface area (Å²) in [5.74, 6) is 0.258. The summed E-state index contributed by atoms with van der Waals surface area (Å²) >= 11 is 6.23. The van der Waals surface area contributed by atoms with Crippen LogP contribution in [0.1, 0.15) is 38.2 Å². The van der Waals surface area contributed by atoms with Gasteiger partial charge in [-0.2, -0.15) is 4.31 Å². The van der Waals surface area contributed by atoms with E-state index in [1.807, 2.05) is 24.8 Å². The quantitative estimate of drug-likeness (QED) is 0.841. The van der Waals surface area contributed by atoms with Crippen molar-refractivity contribution in [3.63, 3.8) is 0 Å². The molecule has 2 aliphatic heterocycles. The predicted molar refractivity (Wildman–Crippen MR) is 102 cm³/mol. The van der Waals surface area contributed by atoms with E-state index in [4.69, 9.17) is 11.6 Å². The molecule has 26 heavy (non-hydrogen) atoms. The average molecular weight is 400 g/mol. The molecule has 6 nitrogen and oxygen atoms in total. The molecule has 2 saturated heterocycles. The Morgan fingerprint density at radius 2 is 2.04 bits per heavy atom. The molecule has 0 spiro atoms. The van der Waals surface area contributed by atoms with Crippen LogP contribution in [-0.2, 0) is 14.8 Å². The smallest absolute Gasteiger partial charge is 0.244 e. The highest BCUT2D eigenvalue weighted by Crippen LogP contribution is 2.30. The molecule has 1 unspecified atom stereocenters. The largest absolute Gasteiger partial charge is 0.336 e. The molecule has 1 atom stereocenters. The molecular weight excluding hydrogens is 374 g/mol. The number of hydrogen-bond acceptors (Lipinski definition) is 4. The predicted octanol–water partition coefficient (Wildman–Crippen LogP) is 2.05. The first kappa shape index (κ1) is 19.6. The molecule has 2 heterocycles. The van der Waals surface area contributed by atoms with Crippen LogP contribution >= 0.6 is 11.6 Å². The zero-order chi connectivity index (χ0) is 18.9. The molecule has 3 rings (SSSR count). The highest BCUT2D eigenvalue weighted by atomic mass is 35.5. The van der Waals surface area contributed by atoms with E-state index in [1.165, 1.54) is 4.31 Å².